The van der Waals surface area contributed by atoms with Gasteiger partial charge >= 0.3 is 12.2 Å². The minimum absolute atomic E-state index is 0.0198. The number of aromatic nitrogens is 4. The zero-order chi connectivity index (χ0) is 45.2. The molecule has 3 aliphatic heterocycles. The number of nitrogens with one attached hydrogen (secondary N) is 4. The molecule has 2 aromatic heterocycles. The highest BCUT2D eigenvalue weighted by Gasteiger charge is 2.41. The molecule has 16 heteroatoms. The molecule has 5 aromatic rings. The molecule has 0 spiro atoms. The quantitative estimate of drug-likeness (QED) is 0.0909. The Bertz CT molecular complexity index is 2530. The number of carbonyl (C=O) groups excluding carboxylic acids is 4. The summed E-state index contributed by atoms with van der Waals surface area (Å²) in [5.41, 5.74) is 6.51. The maximum Gasteiger partial charge on any atom is 0.407 e. The number of aromatic amines is 2. The third-order valence-corrected chi connectivity index (χ3v) is 13.2. The maximum absolute atomic E-state index is 14.4. The summed E-state index contributed by atoms with van der Waals surface area (Å²) in [4.78, 5) is 73.4. The number of amides is 4. The lowest BCUT2D eigenvalue weighted by molar-refractivity contribution is -0.139. The van der Waals surface area contributed by atoms with E-state index in [1.165, 1.54) is 14.2 Å². The second kappa shape index (κ2) is 18.9. The minimum atomic E-state index is -0.789. The molecule has 0 unspecified atom stereocenters. The molecule has 16 nitrogen and oxygen atoms in total. The van der Waals surface area contributed by atoms with E-state index < -0.39 is 24.3 Å². The van der Waals surface area contributed by atoms with Gasteiger partial charge in [0.1, 0.15) is 36.1 Å². The monoisotopic (exact) mass is 876 g/mol. The van der Waals surface area contributed by atoms with Gasteiger partial charge in [-0.25, -0.2) is 19.6 Å². The predicted molar refractivity (Wildman–Crippen MR) is 241 cm³/mol. The number of nitrogens with zero attached hydrogens (tertiary/aromatic N) is 4. The van der Waals surface area contributed by atoms with Crippen LogP contribution < -0.4 is 15.4 Å². The summed E-state index contributed by atoms with van der Waals surface area (Å²) < 4.78 is 21.9. The van der Waals surface area contributed by atoms with E-state index in [0.717, 1.165) is 94.0 Å². The Hall–Kier alpha value is -6.16. The SMILES string of the molecule is CCC[C@H](C)N(Cc1nc2c(ccc3cc4c(cc32)OCc2cc(-c3cnc([C@@H]5CC[C@H](C)N5C(=O)[C@@H](NC(=O)OC)C(C)C)[nH]3)ccc2-4)[nH]1)C(=O)[C@@H](NC(=O)OC)[C@H]1CCCOC1. The molecule has 3 aromatic carbocycles. The van der Waals surface area contributed by atoms with Crippen molar-refractivity contribution in [3.8, 4) is 28.1 Å². The molecule has 4 N–H and O–H groups in total. The highest BCUT2D eigenvalue weighted by Crippen LogP contribution is 2.43. The second-order valence-electron chi connectivity index (χ2n) is 17.8. The van der Waals surface area contributed by atoms with Crippen LogP contribution >= 0.6 is 0 Å². The molecular weight excluding hydrogens is 817 g/mol. The molecule has 0 saturated carbocycles. The van der Waals surface area contributed by atoms with Gasteiger partial charge in [-0.1, -0.05) is 45.4 Å². The molecule has 8 rings (SSSR count). The van der Waals surface area contributed by atoms with Crippen molar-refractivity contribution in [1.82, 2.24) is 40.4 Å². The van der Waals surface area contributed by atoms with Crippen molar-refractivity contribution in [3.63, 3.8) is 0 Å². The fourth-order valence-electron chi connectivity index (χ4n) is 9.68. The van der Waals surface area contributed by atoms with Gasteiger partial charge in [-0.2, -0.15) is 0 Å². The van der Waals surface area contributed by atoms with Gasteiger partial charge in [-0.05, 0) is 98.2 Å². The number of methoxy groups -OCH3 is 2. The number of benzene rings is 3. The smallest absolute Gasteiger partial charge is 0.407 e. The lowest BCUT2D eigenvalue weighted by Gasteiger charge is -2.36. The molecule has 0 bridgehead atoms. The zero-order valence-corrected chi connectivity index (χ0v) is 37.8. The first-order valence-corrected chi connectivity index (χ1v) is 22.5. The Morgan fingerprint density at radius 1 is 0.969 bits per heavy atom. The van der Waals surface area contributed by atoms with Crippen molar-refractivity contribution in [2.75, 3.05) is 27.4 Å². The third-order valence-electron chi connectivity index (χ3n) is 13.2. The molecule has 0 radical (unpaired) electrons. The van der Waals surface area contributed by atoms with Gasteiger partial charge in [-0.15, -0.1) is 0 Å². The predicted octanol–water partition coefficient (Wildman–Crippen LogP) is 7.77. The van der Waals surface area contributed by atoms with Crippen LogP contribution in [0.2, 0.25) is 0 Å². The van der Waals surface area contributed by atoms with Crippen LogP contribution in [0.5, 0.6) is 5.75 Å². The van der Waals surface area contributed by atoms with Gasteiger partial charge in [0, 0.05) is 35.6 Å². The van der Waals surface area contributed by atoms with E-state index in [2.05, 4.69) is 63.9 Å². The summed E-state index contributed by atoms with van der Waals surface area (Å²) in [6, 6.07) is 12.7. The maximum atomic E-state index is 14.4. The number of ether oxygens (including phenoxy) is 4. The Kier molecular flexibility index (Phi) is 13.1. The summed E-state index contributed by atoms with van der Waals surface area (Å²) in [5.74, 6) is 1.47. The highest BCUT2D eigenvalue weighted by atomic mass is 16.5. The molecule has 340 valence electrons. The van der Waals surface area contributed by atoms with Gasteiger partial charge in [0.15, 0.2) is 0 Å². The van der Waals surface area contributed by atoms with Crippen LogP contribution in [0.15, 0.2) is 48.7 Å². The van der Waals surface area contributed by atoms with Crippen LogP contribution in [0.3, 0.4) is 0 Å². The highest BCUT2D eigenvalue weighted by molar-refractivity contribution is 6.07. The van der Waals surface area contributed by atoms with Crippen molar-refractivity contribution in [2.45, 2.75) is 117 Å². The third kappa shape index (κ3) is 8.84. The van der Waals surface area contributed by atoms with Crippen molar-refractivity contribution >= 4 is 45.8 Å². The molecule has 2 saturated heterocycles. The first-order chi connectivity index (χ1) is 30.9. The molecule has 2 fully saturated rings. The van der Waals surface area contributed by atoms with Gasteiger partial charge in [0.05, 0.1) is 56.3 Å². The fourth-order valence-corrected chi connectivity index (χ4v) is 9.68. The van der Waals surface area contributed by atoms with E-state index in [1.807, 2.05) is 49.8 Å². The number of hydrogen-bond donors (Lipinski definition) is 4. The van der Waals surface area contributed by atoms with Crippen molar-refractivity contribution in [1.29, 1.82) is 0 Å². The molecule has 64 heavy (non-hydrogen) atoms. The number of carbonyl (C=O) groups is 4. The normalized spacial score (nSPS) is 19.6. The molecule has 4 amide bonds. The van der Waals surface area contributed by atoms with E-state index in [4.69, 9.17) is 28.9 Å². The number of hydrogen-bond acceptors (Lipinski definition) is 10. The van der Waals surface area contributed by atoms with Crippen LogP contribution in [-0.2, 0) is 37.0 Å². The topological polar surface area (TPSA) is 193 Å². The minimum Gasteiger partial charge on any atom is -0.488 e. The molecule has 5 heterocycles. The lowest BCUT2D eigenvalue weighted by Crippen LogP contribution is -2.55. The van der Waals surface area contributed by atoms with Crippen molar-refractivity contribution in [2.24, 2.45) is 11.8 Å². The summed E-state index contributed by atoms with van der Waals surface area (Å²) in [7, 11) is 2.59. The Morgan fingerprint density at radius 2 is 1.77 bits per heavy atom. The molecule has 6 atom stereocenters. The largest absolute Gasteiger partial charge is 0.488 e. The Labute approximate surface area is 373 Å². The van der Waals surface area contributed by atoms with Gasteiger partial charge < -0.3 is 49.3 Å². The van der Waals surface area contributed by atoms with E-state index in [-0.39, 0.29) is 48.3 Å². The van der Waals surface area contributed by atoms with E-state index in [1.54, 1.807) is 0 Å². The zero-order valence-electron chi connectivity index (χ0n) is 37.8. The summed E-state index contributed by atoms with van der Waals surface area (Å²) in [6.07, 6.45) is 5.35. The summed E-state index contributed by atoms with van der Waals surface area (Å²) >= 11 is 0. The van der Waals surface area contributed by atoms with Gasteiger partial charge in [-0.3, -0.25) is 9.59 Å². The average molecular weight is 877 g/mol. The van der Waals surface area contributed by atoms with Crippen molar-refractivity contribution in [3.05, 3.63) is 65.9 Å². The first kappa shape index (κ1) is 44.4. The Balaban J connectivity index is 1.04. The van der Waals surface area contributed by atoms with Gasteiger partial charge in [0.25, 0.3) is 0 Å². The Morgan fingerprint density at radius 3 is 2.50 bits per heavy atom. The van der Waals surface area contributed by atoms with Crippen LogP contribution in [-0.4, -0.2) is 105 Å². The second-order valence-corrected chi connectivity index (χ2v) is 17.8. The average Bonchev–Trinajstić information content (AvgIpc) is 4.06. The number of H-pyrrole nitrogens is 2. The summed E-state index contributed by atoms with van der Waals surface area (Å²) in [5, 5.41) is 7.48. The molecule has 3 aliphatic rings. The van der Waals surface area contributed by atoms with E-state index >= 15 is 0 Å². The first-order valence-electron chi connectivity index (χ1n) is 22.5. The molecular formula is C48H60N8O8. The van der Waals surface area contributed by atoms with E-state index in [9.17, 15) is 19.2 Å². The molecule has 0 aliphatic carbocycles. The van der Waals surface area contributed by atoms with Crippen LogP contribution in [0, 0.1) is 11.8 Å². The van der Waals surface area contributed by atoms with Crippen LogP contribution in [0.4, 0.5) is 9.59 Å². The van der Waals surface area contributed by atoms with E-state index in [0.29, 0.717) is 31.5 Å². The number of alkyl carbamates (subject to hydrolysis) is 2. The number of rotatable bonds is 13. The van der Waals surface area contributed by atoms with Crippen molar-refractivity contribution < 1.29 is 38.1 Å². The van der Waals surface area contributed by atoms with Crippen LogP contribution in [0.25, 0.3) is 44.2 Å². The summed E-state index contributed by atoms with van der Waals surface area (Å²) in [6.45, 7) is 11.6. The number of likely N-dealkylation sites (tertiary alicyclic amines) is 1. The lowest BCUT2D eigenvalue weighted by atomic mass is 9.92. The number of imidazole rings is 2. The number of fused-ring (bicyclic) bond motifs is 6. The van der Waals surface area contributed by atoms with Crippen LogP contribution in [0.1, 0.15) is 96.4 Å². The standard InChI is InChI=1S/C48H60N8O8/c1-8-10-27(4)55(45(57)42(54-48(60)62-7)31-11-9-18-63-24-31)23-40-50-36-16-14-29-20-35-33-15-13-30(19-32(33)25-64-39(35)21-34(29)43(36)52-40)37-22-49-44(51-37)38-17-12-28(5)56(38)46(58)41(26(2)3)53-47(59)61-6/h13-16,19-22,26-28,31,38,41-42H,8-12,17-18,23-25H2,1-7H3,(H,49,51)(H,50,52)(H,53,59)(H,54,60)/t27-,28-,31-,38-,41-,42-/m0/s1. The fraction of sp³-hybridized carbons (Fsp3) is 0.500. The van der Waals surface area contributed by atoms with Gasteiger partial charge in [0.2, 0.25) is 11.8 Å².